The molecule has 2 aromatic rings. The third-order valence-electron chi connectivity index (χ3n) is 2.64. The van der Waals surface area contributed by atoms with Crippen LogP contribution in [0.5, 0.6) is 11.5 Å². The number of hydrogen-bond donors (Lipinski definition) is 1. The summed E-state index contributed by atoms with van der Waals surface area (Å²) in [5, 5.41) is 8.82. The lowest BCUT2D eigenvalue weighted by atomic mass is 10.1. The van der Waals surface area contributed by atoms with Gasteiger partial charge in [0, 0.05) is 5.56 Å². The maximum atomic E-state index is 14.0. The van der Waals surface area contributed by atoms with Gasteiger partial charge < -0.3 is 14.6 Å². The van der Waals surface area contributed by atoms with Crippen LogP contribution in [0.25, 0.3) is 11.3 Å². The highest BCUT2D eigenvalue weighted by Crippen LogP contribution is 2.36. The quantitative estimate of drug-likeness (QED) is 0.887. The monoisotopic (exact) mass is 262 g/mol. The molecule has 0 spiro atoms. The molecule has 0 fully saturated rings. The van der Waals surface area contributed by atoms with E-state index in [-0.39, 0.29) is 12.5 Å². The van der Waals surface area contributed by atoms with Gasteiger partial charge in [-0.05, 0) is 18.2 Å². The van der Waals surface area contributed by atoms with Crippen molar-refractivity contribution in [3.8, 4) is 22.8 Å². The van der Waals surface area contributed by atoms with Crippen molar-refractivity contribution in [3.63, 3.8) is 0 Å². The van der Waals surface area contributed by atoms with Crippen molar-refractivity contribution in [2.75, 3.05) is 6.79 Å². The fraction of sp³-hybridized carbons (Fsp3) is 0.0833. The zero-order valence-electron chi connectivity index (χ0n) is 9.46. The topological polar surface area (TPSA) is 81.5 Å². The van der Waals surface area contributed by atoms with Crippen LogP contribution in [0.15, 0.2) is 24.5 Å². The standard InChI is InChI=1S/C12H7FN2O4/c13-9-10(14-4-15-11(9)12(16)17)6-1-2-7-8(3-6)19-5-18-7/h1-4H,5H2,(H,16,17). The number of ether oxygens (including phenoxy) is 2. The lowest BCUT2D eigenvalue weighted by Crippen LogP contribution is -2.06. The van der Waals surface area contributed by atoms with Gasteiger partial charge >= 0.3 is 5.97 Å². The SMILES string of the molecule is O=C(O)c1ncnc(-c2ccc3c(c2)OCO3)c1F. The van der Waals surface area contributed by atoms with Gasteiger partial charge in [-0.25, -0.2) is 19.2 Å². The van der Waals surface area contributed by atoms with Crippen molar-refractivity contribution in [1.82, 2.24) is 9.97 Å². The summed E-state index contributed by atoms with van der Waals surface area (Å²) in [6.45, 7) is 0.103. The molecule has 0 bridgehead atoms. The summed E-state index contributed by atoms with van der Waals surface area (Å²) in [5.74, 6) is -1.40. The van der Waals surface area contributed by atoms with Crippen LogP contribution >= 0.6 is 0 Å². The highest BCUT2D eigenvalue weighted by atomic mass is 19.1. The van der Waals surface area contributed by atoms with Crippen LogP contribution in [0, 0.1) is 5.82 Å². The molecule has 1 aromatic heterocycles. The third-order valence-corrected chi connectivity index (χ3v) is 2.64. The van der Waals surface area contributed by atoms with Crippen molar-refractivity contribution in [3.05, 3.63) is 36.0 Å². The molecule has 0 radical (unpaired) electrons. The number of rotatable bonds is 2. The van der Waals surface area contributed by atoms with Gasteiger partial charge in [0.2, 0.25) is 6.79 Å². The summed E-state index contributed by atoms with van der Waals surface area (Å²) in [7, 11) is 0. The molecule has 6 nitrogen and oxygen atoms in total. The fourth-order valence-corrected chi connectivity index (χ4v) is 1.76. The summed E-state index contributed by atoms with van der Waals surface area (Å²) < 4.78 is 24.3. The van der Waals surface area contributed by atoms with E-state index in [4.69, 9.17) is 14.6 Å². The van der Waals surface area contributed by atoms with Crippen LogP contribution in [0.2, 0.25) is 0 Å². The minimum Gasteiger partial charge on any atom is -0.476 e. The molecule has 3 rings (SSSR count). The molecule has 1 aliphatic heterocycles. The average Bonchev–Trinajstić information content (AvgIpc) is 2.85. The Bertz CT molecular complexity index is 675. The Kier molecular flexibility index (Phi) is 2.52. The van der Waals surface area contributed by atoms with Crippen LogP contribution in [-0.2, 0) is 0 Å². The number of nitrogens with zero attached hydrogens (tertiary/aromatic N) is 2. The van der Waals surface area contributed by atoms with Crippen LogP contribution in [0.1, 0.15) is 10.5 Å². The van der Waals surface area contributed by atoms with Crippen molar-refractivity contribution >= 4 is 5.97 Å². The first-order valence-corrected chi connectivity index (χ1v) is 5.30. The third kappa shape index (κ3) is 1.85. The highest BCUT2D eigenvalue weighted by Gasteiger charge is 2.20. The van der Waals surface area contributed by atoms with Crippen molar-refractivity contribution in [2.45, 2.75) is 0 Å². The van der Waals surface area contributed by atoms with Gasteiger partial charge in [0.15, 0.2) is 23.0 Å². The van der Waals surface area contributed by atoms with Crippen LogP contribution in [0.3, 0.4) is 0 Å². The van der Waals surface area contributed by atoms with E-state index in [1.54, 1.807) is 18.2 Å². The summed E-state index contributed by atoms with van der Waals surface area (Å²) >= 11 is 0. The molecule has 1 aliphatic rings. The van der Waals surface area contributed by atoms with Crippen molar-refractivity contribution in [1.29, 1.82) is 0 Å². The highest BCUT2D eigenvalue weighted by molar-refractivity contribution is 5.87. The number of carbonyl (C=O) groups is 1. The largest absolute Gasteiger partial charge is 0.476 e. The Balaban J connectivity index is 2.12. The molecule has 0 saturated carbocycles. The first-order chi connectivity index (χ1) is 9.16. The second-order valence-corrected chi connectivity index (χ2v) is 3.76. The molecule has 2 heterocycles. The lowest BCUT2D eigenvalue weighted by molar-refractivity contribution is 0.0684. The van der Waals surface area contributed by atoms with Crippen LogP contribution in [0.4, 0.5) is 4.39 Å². The molecular formula is C12H7FN2O4. The molecule has 1 N–H and O–H groups in total. The first kappa shape index (κ1) is 11.4. The Labute approximate surface area is 106 Å². The number of carboxylic acids is 1. The van der Waals surface area contributed by atoms with Crippen LogP contribution < -0.4 is 9.47 Å². The predicted octanol–water partition coefficient (Wildman–Crippen LogP) is 1.71. The van der Waals surface area contributed by atoms with Gasteiger partial charge in [0.05, 0.1) is 0 Å². The smallest absolute Gasteiger partial charge is 0.357 e. The van der Waals surface area contributed by atoms with E-state index in [1.807, 2.05) is 0 Å². The lowest BCUT2D eigenvalue weighted by Gasteiger charge is -2.05. The molecule has 0 unspecified atom stereocenters. The molecule has 0 aliphatic carbocycles. The second kappa shape index (κ2) is 4.20. The number of hydrogen-bond acceptors (Lipinski definition) is 5. The van der Waals surface area contributed by atoms with Gasteiger partial charge in [-0.2, -0.15) is 0 Å². The minimum absolute atomic E-state index is 0.0919. The molecule has 0 atom stereocenters. The van der Waals surface area contributed by atoms with Gasteiger partial charge in [-0.3, -0.25) is 0 Å². The van der Waals surface area contributed by atoms with E-state index in [0.717, 1.165) is 6.33 Å². The molecule has 7 heteroatoms. The van der Waals surface area contributed by atoms with E-state index in [9.17, 15) is 9.18 Å². The number of aromatic nitrogens is 2. The van der Waals surface area contributed by atoms with E-state index >= 15 is 0 Å². The first-order valence-electron chi connectivity index (χ1n) is 5.30. The van der Waals surface area contributed by atoms with Crippen LogP contribution in [-0.4, -0.2) is 27.8 Å². The van der Waals surface area contributed by atoms with Gasteiger partial charge in [0.1, 0.15) is 12.0 Å². The normalized spacial score (nSPS) is 12.5. The zero-order chi connectivity index (χ0) is 13.4. The fourth-order valence-electron chi connectivity index (χ4n) is 1.76. The number of fused-ring (bicyclic) bond motifs is 1. The Morgan fingerprint density at radius 1 is 1.26 bits per heavy atom. The second-order valence-electron chi connectivity index (χ2n) is 3.76. The van der Waals surface area contributed by atoms with Gasteiger partial charge in [-0.1, -0.05) is 0 Å². The summed E-state index contributed by atoms with van der Waals surface area (Å²) in [6.07, 6.45) is 1.01. The number of halogens is 1. The van der Waals surface area contributed by atoms with E-state index < -0.39 is 17.5 Å². The molecule has 0 amide bonds. The molecule has 96 valence electrons. The maximum absolute atomic E-state index is 14.0. The number of carboxylic acid groups (broad SMARTS) is 1. The summed E-state index contributed by atoms with van der Waals surface area (Å²) in [5.41, 5.74) is -0.361. The zero-order valence-corrected chi connectivity index (χ0v) is 9.46. The van der Waals surface area contributed by atoms with Crippen molar-refractivity contribution < 1.29 is 23.8 Å². The molecule has 1 aromatic carbocycles. The molecule has 19 heavy (non-hydrogen) atoms. The van der Waals surface area contributed by atoms with E-state index in [1.165, 1.54) is 0 Å². The van der Waals surface area contributed by atoms with Gasteiger partial charge in [-0.15, -0.1) is 0 Å². The Morgan fingerprint density at radius 2 is 2.05 bits per heavy atom. The maximum Gasteiger partial charge on any atom is 0.357 e. The minimum atomic E-state index is -1.44. The number of benzene rings is 1. The Morgan fingerprint density at radius 3 is 2.84 bits per heavy atom. The van der Waals surface area contributed by atoms with Crippen molar-refractivity contribution in [2.24, 2.45) is 0 Å². The Hall–Kier alpha value is -2.70. The molecular weight excluding hydrogens is 255 g/mol. The summed E-state index contributed by atoms with van der Waals surface area (Å²) in [6, 6.07) is 4.73. The summed E-state index contributed by atoms with van der Waals surface area (Å²) in [4.78, 5) is 18.0. The van der Waals surface area contributed by atoms with E-state index in [0.29, 0.717) is 17.1 Å². The number of aromatic carboxylic acids is 1. The molecule has 0 saturated heterocycles. The van der Waals surface area contributed by atoms with E-state index in [2.05, 4.69) is 9.97 Å². The predicted molar refractivity (Wildman–Crippen MR) is 60.5 cm³/mol. The van der Waals surface area contributed by atoms with Gasteiger partial charge in [0.25, 0.3) is 0 Å². The average molecular weight is 262 g/mol.